The van der Waals surface area contributed by atoms with E-state index in [1.165, 1.54) is 0 Å². The van der Waals surface area contributed by atoms with Gasteiger partial charge in [0.15, 0.2) is 0 Å². The zero-order valence-corrected chi connectivity index (χ0v) is 8.02. The van der Waals surface area contributed by atoms with Crippen LogP contribution >= 0.6 is 0 Å². The molecule has 0 aromatic heterocycles. The van der Waals surface area contributed by atoms with E-state index in [0.717, 1.165) is 13.0 Å². The minimum absolute atomic E-state index is 0.148. The maximum absolute atomic E-state index is 10.6. The Labute approximate surface area is 74.8 Å². The van der Waals surface area contributed by atoms with Crippen molar-refractivity contribution in [2.45, 2.75) is 12.8 Å². The fourth-order valence-electron chi connectivity index (χ4n) is 0.721. The van der Waals surface area contributed by atoms with Gasteiger partial charge in [0.25, 0.3) is 0 Å². The van der Waals surface area contributed by atoms with Crippen LogP contribution in [0.25, 0.3) is 0 Å². The number of carboxylic acid groups (broad SMARTS) is 1. The highest BCUT2D eigenvalue weighted by molar-refractivity contribution is 7.84. The summed E-state index contributed by atoms with van der Waals surface area (Å²) in [7, 11) is -0.736. The Balaban J connectivity index is 3.01. The molecule has 0 saturated carbocycles. The van der Waals surface area contributed by atoms with Crippen LogP contribution in [-0.2, 0) is 15.6 Å². The number of aliphatic carboxylic acids is 1. The molecule has 72 valence electrons. The van der Waals surface area contributed by atoms with Crippen LogP contribution in [0.2, 0.25) is 0 Å². The van der Waals surface area contributed by atoms with Crippen molar-refractivity contribution in [1.82, 2.24) is 5.32 Å². The van der Waals surface area contributed by atoms with E-state index in [0.29, 0.717) is 12.3 Å². The Bertz CT molecular complexity index is 143. The van der Waals surface area contributed by atoms with Crippen molar-refractivity contribution in [3.63, 3.8) is 0 Å². The molecule has 1 unspecified atom stereocenters. The summed E-state index contributed by atoms with van der Waals surface area (Å²) in [6.07, 6.45) is 2.65. The lowest BCUT2D eigenvalue weighted by Gasteiger charge is -2.00. The Morgan fingerprint density at radius 3 is 2.67 bits per heavy atom. The van der Waals surface area contributed by atoms with Gasteiger partial charge in [0.05, 0.1) is 6.42 Å². The van der Waals surface area contributed by atoms with E-state index in [2.05, 4.69) is 5.32 Å². The standard InChI is InChI=1S/C7H15NO3S/c1-12(11)6-2-4-8-5-3-7(9)10/h8H,2-6H2,1H3,(H,9,10). The van der Waals surface area contributed by atoms with E-state index in [-0.39, 0.29) is 6.42 Å². The van der Waals surface area contributed by atoms with E-state index in [1.54, 1.807) is 6.26 Å². The van der Waals surface area contributed by atoms with Crippen molar-refractivity contribution >= 4 is 16.8 Å². The fourth-order valence-corrected chi connectivity index (χ4v) is 1.27. The molecular formula is C7H15NO3S. The van der Waals surface area contributed by atoms with Gasteiger partial charge >= 0.3 is 5.97 Å². The molecule has 0 aliphatic heterocycles. The third kappa shape index (κ3) is 9.58. The molecule has 0 aliphatic rings. The zero-order valence-electron chi connectivity index (χ0n) is 7.21. The Morgan fingerprint density at radius 1 is 1.50 bits per heavy atom. The summed E-state index contributed by atoms with van der Waals surface area (Å²) in [5, 5.41) is 11.2. The Morgan fingerprint density at radius 2 is 2.17 bits per heavy atom. The van der Waals surface area contributed by atoms with Crippen LogP contribution < -0.4 is 5.32 Å². The molecule has 0 rings (SSSR count). The molecule has 12 heavy (non-hydrogen) atoms. The van der Waals surface area contributed by atoms with Crippen LogP contribution in [-0.4, -0.2) is 40.4 Å². The van der Waals surface area contributed by atoms with Gasteiger partial charge in [-0.2, -0.15) is 0 Å². The third-order valence-electron chi connectivity index (χ3n) is 1.30. The molecule has 0 amide bonds. The highest BCUT2D eigenvalue weighted by atomic mass is 32.2. The van der Waals surface area contributed by atoms with Crippen LogP contribution in [0.1, 0.15) is 12.8 Å². The second-order valence-electron chi connectivity index (χ2n) is 2.52. The van der Waals surface area contributed by atoms with Gasteiger partial charge < -0.3 is 10.4 Å². The SMILES string of the molecule is CS(=O)CCCNCCC(=O)O. The number of carbonyl (C=O) groups is 1. The molecule has 0 saturated heterocycles. The topological polar surface area (TPSA) is 66.4 Å². The Kier molecular flexibility index (Phi) is 6.99. The molecular weight excluding hydrogens is 178 g/mol. The van der Waals surface area contributed by atoms with Crippen molar-refractivity contribution < 1.29 is 14.1 Å². The molecule has 4 nitrogen and oxygen atoms in total. The zero-order chi connectivity index (χ0) is 9.40. The predicted molar refractivity (Wildman–Crippen MR) is 48.7 cm³/mol. The van der Waals surface area contributed by atoms with Crippen LogP contribution in [0.5, 0.6) is 0 Å². The number of hydrogen-bond donors (Lipinski definition) is 2. The monoisotopic (exact) mass is 193 g/mol. The normalized spacial score (nSPS) is 12.8. The minimum Gasteiger partial charge on any atom is -0.481 e. The first kappa shape index (κ1) is 11.6. The molecule has 0 fully saturated rings. The van der Waals surface area contributed by atoms with Crippen LogP contribution in [0, 0.1) is 0 Å². The summed E-state index contributed by atoms with van der Waals surface area (Å²) < 4.78 is 10.6. The fraction of sp³-hybridized carbons (Fsp3) is 0.857. The van der Waals surface area contributed by atoms with Gasteiger partial charge in [-0.3, -0.25) is 9.00 Å². The lowest BCUT2D eigenvalue weighted by atomic mass is 10.4. The van der Waals surface area contributed by atoms with E-state index in [9.17, 15) is 9.00 Å². The smallest absolute Gasteiger partial charge is 0.304 e. The molecule has 0 aliphatic carbocycles. The van der Waals surface area contributed by atoms with Crippen molar-refractivity contribution in [2.75, 3.05) is 25.1 Å². The predicted octanol–water partition coefficient (Wildman–Crippen LogP) is -0.181. The summed E-state index contributed by atoms with van der Waals surface area (Å²) in [5.41, 5.74) is 0. The lowest BCUT2D eigenvalue weighted by molar-refractivity contribution is -0.136. The van der Waals surface area contributed by atoms with Gasteiger partial charge in [-0.25, -0.2) is 0 Å². The van der Waals surface area contributed by atoms with Gasteiger partial charge in [-0.15, -0.1) is 0 Å². The molecule has 0 heterocycles. The van der Waals surface area contributed by atoms with Crippen LogP contribution in [0.15, 0.2) is 0 Å². The number of hydrogen-bond acceptors (Lipinski definition) is 3. The largest absolute Gasteiger partial charge is 0.481 e. The summed E-state index contributed by atoms with van der Waals surface area (Å²) in [6, 6.07) is 0. The Hall–Kier alpha value is -0.420. The van der Waals surface area contributed by atoms with E-state index in [4.69, 9.17) is 5.11 Å². The van der Waals surface area contributed by atoms with Gasteiger partial charge in [0.1, 0.15) is 0 Å². The first-order chi connectivity index (χ1) is 5.63. The molecule has 1 atom stereocenters. The average molecular weight is 193 g/mol. The first-order valence-corrected chi connectivity index (χ1v) is 5.58. The van der Waals surface area contributed by atoms with Gasteiger partial charge in [-0.05, 0) is 13.0 Å². The van der Waals surface area contributed by atoms with E-state index in [1.807, 2.05) is 0 Å². The second kappa shape index (κ2) is 7.24. The molecule has 0 aromatic carbocycles. The second-order valence-corrected chi connectivity index (χ2v) is 4.08. The molecule has 2 N–H and O–H groups in total. The van der Waals surface area contributed by atoms with Crippen molar-refractivity contribution in [3.05, 3.63) is 0 Å². The molecule has 0 spiro atoms. The molecule has 0 bridgehead atoms. The van der Waals surface area contributed by atoms with E-state index >= 15 is 0 Å². The summed E-state index contributed by atoms with van der Waals surface area (Å²) >= 11 is 0. The highest BCUT2D eigenvalue weighted by Gasteiger charge is 1.95. The highest BCUT2D eigenvalue weighted by Crippen LogP contribution is 1.82. The van der Waals surface area contributed by atoms with Gasteiger partial charge in [0, 0.05) is 29.4 Å². The number of rotatable bonds is 7. The molecule has 0 aromatic rings. The van der Waals surface area contributed by atoms with Gasteiger partial charge in [0.2, 0.25) is 0 Å². The molecule has 0 radical (unpaired) electrons. The lowest BCUT2D eigenvalue weighted by Crippen LogP contribution is -2.20. The quantitative estimate of drug-likeness (QED) is 0.550. The van der Waals surface area contributed by atoms with Crippen molar-refractivity contribution in [2.24, 2.45) is 0 Å². The van der Waals surface area contributed by atoms with E-state index < -0.39 is 16.8 Å². The molecule has 5 heteroatoms. The number of nitrogens with one attached hydrogen (secondary N) is 1. The average Bonchev–Trinajstić information content (AvgIpc) is 1.95. The summed E-state index contributed by atoms with van der Waals surface area (Å²) in [4.78, 5) is 10.1. The van der Waals surface area contributed by atoms with Crippen LogP contribution in [0.3, 0.4) is 0 Å². The summed E-state index contributed by atoms with van der Waals surface area (Å²) in [5.74, 6) is -0.110. The summed E-state index contributed by atoms with van der Waals surface area (Å²) in [6.45, 7) is 1.23. The minimum atomic E-state index is -0.790. The maximum Gasteiger partial charge on any atom is 0.304 e. The number of carboxylic acids is 1. The van der Waals surface area contributed by atoms with Crippen molar-refractivity contribution in [3.8, 4) is 0 Å². The van der Waals surface area contributed by atoms with Gasteiger partial charge in [-0.1, -0.05) is 0 Å². The van der Waals surface area contributed by atoms with Crippen molar-refractivity contribution in [1.29, 1.82) is 0 Å². The third-order valence-corrected chi connectivity index (χ3v) is 2.16. The first-order valence-electron chi connectivity index (χ1n) is 3.85. The maximum atomic E-state index is 10.6. The van der Waals surface area contributed by atoms with Crippen LogP contribution in [0.4, 0.5) is 0 Å².